The van der Waals surface area contributed by atoms with Crippen LogP contribution in [0.2, 0.25) is 0 Å². The lowest BCUT2D eigenvalue weighted by Gasteiger charge is -2.30. The molecule has 0 aliphatic heterocycles. The van der Waals surface area contributed by atoms with Gasteiger partial charge < -0.3 is 4.74 Å². The van der Waals surface area contributed by atoms with Crippen LogP contribution in [-0.2, 0) is 4.74 Å². The molecule has 0 aromatic heterocycles. The molecule has 0 atom stereocenters. The first-order chi connectivity index (χ1) is 3.83. The van der Waals surface area contributed by atoms with Crippen molar-refractivity contribution < 1.29 is 4.74 Å². The Morgan fingerprint density at radius 1 is 1.62 bits per heavy atom. The largest absolute Gasteiger partial charge is 0.378 e. The molecule has 0 aromatic carbocycles. The van der Waals surface area contributed by atoms with Gasteiger partial charge in [0.25, 0.3) is 0 Å². The molecule has 0 radical (unpaired) electrons. The number of rotatable bonds is 2. The molecule has 48 valence electrons. The van der Waals surface area contributed by atoms with Crippen molar-refractivity contribution in [3.63, 3.8) is 0 Å². The van der Waals surface area contributed by atoms with Crippen LogP contribution in [0, 0.1) is 0 Å². The fourth-order valence-corrected chi connectivity index (χ4v) is 1.71. The summed E-state index contributed by atoms with van der Waals surface area (Å²) in [6.45, 7) is 2.91. The lowest BCUT2D eigenvalue weighted by molar-refractivity contribution is 0.0151. The molecule has 0 heterocycles. The number of hydrogen-bond acceptors (Lipinski definition) is 1. The smallest absolute Gasteiger partial charge is 0.0596 e. The van der Waals surface area contributed by atoms with Crippen molar-refractivity contribution in [2.24, 2.45) is 0 Å². The lowest BCUT2D eigenvalue weighted by Crippen LogP contribution is -2.31. The van der Waals surface area contributed by atoms with Gasteiger partial charge in [-0.05, 0) is 19.8 Å². The normalized spacial score (nSPS) is 36.8. The molecular weight excluding hydrogens is 168 g/mol. The average molecular weight is 179 g/mol. The SMILES string of the molecule is CCO[C@H]1C[C@H](Br)C1. The molecule has 1 aliphatic carbocycles. The van der Waals surface area contributed by atoms with E-state index in [1.165, 1.54) is 12.8 Å². The molecule has 8 heavy (non-hydrogen) atoms. The maximum Gasteiger partial charge on any atom is 0.0596 e. The number of hydrogen-bond donors (Lipinski definition) is 0. The first-order valence-electron chi connectivity index (χ1n) is 3.08. The first-order valence-corrected chi connectivity index (χ1v) is 4.00. The molecule has 1 nitrogen and oxygen atoms in total. The van der Waals surface area contributed by atoms with Crippen LogP contribution in [0.25, 0.3) is 0 Å². The zero-order valence-electron chi connectivity index (χ0n) is 5.06. The van der Waals surface area contributed by atoms with Gasteiger partial charge in [0.05, 0.1) is 6.10 Å². The summed E-state index contributed by atoms with van der Waals surface area (Å²) >= 11 is 3.49. The van der Waals surface area contributed by atoms with Crippen molar-refractivity contribution in [2.75, 3.05) is 6.61 Å². The molecule has 0 bridgehead atoms. The van der Waals surface area contributed by atoms with Crippen LogP contribution >= 0.6 is 15.9 Å². The van der Waals surface area contributed by atoms with E-state index in [1.54, 1.807) is 0 Å². The third kappa shape index (κ3) is 1.46. The summed E-state index contributed by atoms with van der Waals surface area (Å²) in [5, 5.41) is 0. The van der Waals surface area contributed by atoms with Gasteiger partial charge >= 0.3 is 0 Å². The molecule has 0 amide bonds. The van der Waals surface area contributed by atoms with E-state index in [0.29, 0.717) is 6.10 Å². The summed E-state index contributed by atoms with van der Waals surface area (Å²) in [5.74, 6) is 0. The summed E-state index contributed by atoms with van der Waals surface area (Å²) in [7, 11) is 0. The van der Waals surface area contributed by atoms with Gasteiger partial charge in [-0.3, -0.25) is 0 Å². The maximum absolute atomic E-state index is 5.32. The Balaban J connectivity index is 1.98. The van der Waals surface area contributed by atoms with E-state index in [-0.39, 0.29) is 0 Å². The fourth-order valence-electron chi connectivity index (χ4n) is 0.873. The maximum atomic E-state index is 5.32. The van der Waals surface area contributed by atoms with Crippen LogP contribution in [0.4, 0.5) is 0 Å². The lowest BCUT2D eigenvalue weighted by atomic mass is 9.96. The van der Waals surface area contributed by atoms with Crippen molar-refractivity contribution in [3.05, 3.63) is 0 Å². The standard InChI is InChI=1S/C6H11BrO/c1-2-8-6-3-5(7)4-6/h5-6H,2-4H2,1H3/t5-,6-. The number of ether oxygens (including phenoxy) is 1. The predicted molar refractivity (Wildman–Crippen MR) is 37.4 cm³/mol. The molecule has 1 saturated carbocycles. The molecule has 0 N–H and O–H groups in total. The molecule has 2 heteroatoms. The highest BCUT2D eigenvalue weighted by Crippen LogP contribution is 2.29. The van der Waals surface area contributed by atoms with Crippen LogP contribution in [-0.4, -0.2) is 17.5 Å². The average Bonchev–Trinajstić information content (AvgIpc) is 1.64. The molecule has 1 fully saturated rings. The summed E-state index contributed by atoms with van der Waals surface area (Å²) in [6.07, 6.45) is 2.96. The minimum atomic E-state index is 0.560. The van der Waals surface area contributed by atoms with Crippen LogP contribution in [0.3, 0.4) is 0 Å². The topological polar surface area (TPSA) is 9.23 Å². The molecular formula is C6H11BrO. The highest BCUT2D eigenvalue weighted by Gasteiger charge is 2.26. The summed E-state index contributed by atoms with van der Waals surface area (Å²) in [4.78, 5) is 0.735. The summed E-state index contributed by atoms with van der Waals surface area (Å²) < 4.78 is 5.32. The van der Waals surface area contributed by atoms with Crippen molar-refractivity contribution in [1.29, 1.82) is 0 Å². The third-order valence-corrected chi connectivity index (χ3v) is 2.19. The van der Waals surface area contributed by atoms with Crippen molar-refractivity contribution in [2.45, 2.75) is 30.7 Å². The van der Waals surface area contributed by atoms with Gasteiger partial charge in [-0.2, -0.15) is 0 Å². The third-order valence-electron chi connectivity index (χ3n) is 1.44. The first kappa shape index (κ1) is 6.56. The zero-order valence-corrected chi connectivity index (χ0v) is 6.65. The molecule has 0 aromatic rings. The van der Waals surface area contributed by atoms with Crippen LogP contribution in [0.5, 0.6) is 0 Å². The van der Waals surface area contributed by atoms with E-state index >= 15 is 0 Å². The Kier molecular flexibility index (Phi) is 2.32. The van der Waals surface area contributed by atoms with Crippen LogP contribution in [0.1, 0.15) is 19.8 Å². The van der Waals surface area contributed by atoms with Gasteiger partial charge in [0, 0.05) is 11.4 Å². The summed E-state index contributed by atoms with van der Waals surface area (Å²) in [5.41, 5.74) is 0. The van der Waals surface area contributed by atoms with Crippen LogP contribution in [0.15, 0.2) is 0 Å². The Morgan fingerprint density at radius 3 is 2.62 bits per heavy atom. The molecule has 0 unspecified atom stereocenters. The van der Waals surface area contributed by atoms with Gasteiger partial charge in [-0.25, -0.2) is 0 Å². The summed E-state index contributed by atoms with van der Waals surface area (Å²) in [6, 6.07) is 0. The highest BCUT2D eigenvalue weighted by atomic mass is 79.9. The molecule has 0 spiro atoms. The molecule has 1 rings (SSSR count). The van der Waals surface area contributed by atoms with Crippen LogP contribution < -0.4 is 0 Å². The van der Waals surface area contributed by atoms with Crippen molar-refractivity contribution >= 4 is 15.9 Å². The monoisotopic (exact) mass is 178 g/mol. The molecule has 1 aliphatic rings. The molecule has 0 saturated heterocycles. The van der Waals surface area contributed by atoms with Gasteiger partial charge in [-0.1, -0.05) is 15.9 Å². The van der Waals surface area contributed by atoms with Crippen molar-refractivity contribution in [3.8, 4) is 0 Å². The Morgan fingerprint density at radius 2 is 2.25 bits per heavy atom. The highest BCUT2D eigenvalue weighted by molar-refractivity contribution is 9.09. The van der Waals surface area contributed by atoms with Gasteiger partial charge in [0.15, 0.2) is 0 Å². The second kappa shape index (κ2) is 2.83. The van der Waals surface area contributed by atoms with E-state index in [1.807, 2.05) is 6.92 Å². The second-order valence-electron chi connectivity index (χ2n) is 2.15. The van der Waals surface area contributed by atoms with Crippen molar-refractivity contribution in [1.82, 2.24) is 0 Å². The quantitative estimate of drug-likeness (QED) is 0.588. The van der Waals surface area contributed by atoms with E-state index in [0.717, 1.165) is 11.4 Å². The fraction of sp³-hybridized carbons (Fsp3) is 1.00. The van der Waals surface area contributed by atoms with E-state index in [9.17, 15) is 0 Å². The Bertz CT molecular complexity index is 66.2. The Labute approximate surface area is 58.5 Å². The minimum Gasteiger partial charge on any atom is -0.378 e. The van der Waals surface area contributed by atoms with Gasteiger partial charge in [0.2, 0.25) is 0 Å². The van der Waals surface area contributed by atoms with Gasteiger partial charge in [-0.15, -0.1) is 0 Å². The minimum absolute atomic E-state index is 0.560. The predicted octanol–water partition coefficient (Wildman–Crippen LogP) is 1.95. The number of halogens is 1. The van der Waals surface area contributed by atoms with Gasteiger partial charge in [0.1, 0.15) is 0 Å². The Hall–Kier alpha value is 0.440. The second-order valence-corrected chi connectivity index (χ2v) is 3.44. The van der Waals surface area contributed by atoms with E-state index in [4.69, 9.17) is 4.74 Å². The van der Waals surface area contributed by atoms with E-state index < -0.39 is 0 Å². The van der Waals surface area contributed by atoms with E-state index in [2.05, 4.69) is 15.9 Å². The zero-order chi connectivity index (χ0) is 5.98. The number of alkyl halides is 1.